The van der Waals surface area contributed by atoms with Gasteiger partial charge in [-0.05, 0) is 32.1 Å². The molecule has 2 nitrogen and oxygen atoms in total. The molecular formula is C17H20N2S. The second-order valence-electron chi connectivity index (χ2n) is 5.39. The summed E-state index contributed by atoms with van der Waals surface area (Å²) in [7, 11) is 0. The highest BCUT2D eigenvalue weighted by Gasteiger charge is 2.18. The third kappa shape index (κ3) is 2.42. The summed E-state index contributed by atoms with van der Waals surface area (Å²) in [5.74, 6) is 1.04. The highest BCUT2D eigenvalue weighted by Crippen LogP contribution is 2.27. The van der Waals surface area contributed by atoms with Crippen molar-refractivity contribution < 1.29 is 0 Å². The van der Waals surface area contributed by atoms with E-state index in [0.29, 0.717) is 0 Å². The van der Waals surface area contributed by atoms with Crippen LogP contribution in [-0.2, 0) is 19.4 Å². The lowest BCUT2D eigenvalue weighted by atomic mass is 9.96. The van der Waals surface area contributed by atoms with Crippen molar-refractivity contribution in [2.75, 3.05) is 0 Å². The van der Waals surface area contributed by atoms with Crippen LogP contribution in [0.15, 0.2) is 30.3 Å². The smallest absolute Gasteiger partial charge is 0.141 e. The average molecular weight is 284 g/mol. The molecule has 0 unspecified atom stereocenters. The van der Waals surface area contributed by atoms with E-state index in [4.69, 9.17) is 17.2 Å². The van der Waals surface area contributed by atoms with Crippen molar-refractivity contribution in [3.05, 3.63) is 46.2 Å². The summed E-state index contributed by atoms with van der Waals surface area (Å²) >= 11 is 5.55. The van der Waals surface area contributed by atoms with Crippen molar-refractivity contribution in [3.63, 3.8) is 0 Å². The number of hydrogen-bond donors (Lipinski definition) is 0. The van der Waals surface area contributed by atoms with E-state index < -0.39 is 0 Å². The maximum Gasteiger partial charge on any atom is 0.141 e. The Morgan fingerprint density at radius 3 is 2.65 bits per heavy atom. The Balaban J connectivity index is 2.24. The van der Waals surface area contributed by atoms with Crippen LogP contribution in [0.2, 0.25) is 0 Å². The molecule has 104 valence electrons. The predicted molar refractivity (Wildman–Crippen MR) is 85.4 cm³/mol. The fourth-order valence-corrected chi connectivity index (χ4v) is 3.35. The van der Waals surface area contributed by atoms with Gasteiger partial charge in [0, 0.05) is 23.4 Å². The zero-order valence-corrected chi connectivity index (χ0v) is 12.7. The summed E-state index contributed by atoms with van der Waals surface area (Å²) in [6.45, 7) is 3.24. The van der Waals surface area contributed by atoms with Crippen LogP contribution < -0.4 is 0 Å². The molecule has 3 rings (SSSR count). The van der Waals surface area contributed by atoms with Gasteiger partial charge in [-0.25, -0.2) is 4.98 Å². The molecule has 0 atom stereocenters. The molecular weight excluding hydrogens is 264 g/mol. The van der Waals surface area contributed by atoms with E-state index in [9.17, 15) is 0 Å². The second kappa shape index (κ2) is 5.88. The fraction of sp³-hybridized carbons (Fsp3) is 0.412. The van der Waals surface area contributed by atoms with E-state index in [1.165, 1.54) is 29.7 Å². The van der Waals surface area contributed by atoms with Gasteiger partial charge >= 0.3 is 0 Å². The molecule has 0 fully saturated rings. The summed E-state index contributed by atoms with van der Waals surface area (Å²) in [5.41, 5.74) is 3.91. The number of hydrogen-bond acceptors (Lipinski definition) is 2. The molecule has 0 radical (unpaired) electrons. The Morgan fingerprint density at radius 1 is 1.15 bits per heavy atom. The number of rotatable bonds is 3. The van der Waals surface area contributed by atoms with Crippen LogP contribution in [0.4, 0.5) is 0 Å². The van der Waals surface area contributed by atoms with Crippen molar-refractivity contribution in [1.82, 2.24) is 9.55 Å². The highest BCUT2D eigenvalue weighted by atomic mass is 32.1. The standard InChI is InChI=1S/C17H20N2S/c1-2-12-19-15-11-7-6-10-14(15)17(20)18-16(19)13-8-4-3-5-9-13/h3-5,8-9H,2,6-7,10-12H2,1H3. The summed E-state index contributed by atoms with van der Waals surface area (Å²) in [6.07, 6.45) is 5.87. The maximum atomic E-state index is 5.55. The minimum absolute atomic E-state index is 0.811. The number of fused-ring (bicyclic) bond motifs is 1. The first-order valence-corrected chi connectivity index (χ1v) is 7.90. The lowest BCUT2D eigenvalue weighted by molar-refractivity contribution is 0.571. The zero-order valence-electron chi connectivity index (χ0n) is 11.9. The molecule has 20 heavy (non-hydrogen) atoms. The van der Waals surface area contributed by atoms with Crippen molar-refractivity contribution in [2.45, 2.75) is 45.6 Å². The molecule has 0 saturated heterocycles. The third-order valence-corrected chi connectivity index (χ3v) is 4.30. The molecule has 1 aliphatic carbocycles. The lowest BCUT2D eigenvalue weighted by Crippen LogP contribution is -2.18. The molecule has 1 aliphatic rings. The van der Waals surface area contributed by atoms with Crippen molar-refractivity contribution in [2.24, 2.45) is 0 Å². The molecule has 0 bridgehead atoms. The second-order valence-corrected chi connectivity index (χ2v) is 5.78. The van der Waals surface area contributed by atoms with Crippen molar-refractivity contribution >= 4 is 12.2 Å². The molecule has 0 spiro atoms. The maximum absolute atomic E-state index is 5.55. The highest BCUT2D eigenvalue weighted by molar-refractivity contribution is 7.71. The van der Waals surface area contributed by atoms with E-state index >= 15 is 0 Å². The van der Waals surface area contributed by atoms with E-state index in [0.717, 1.165) is 36.3 Å². The van der Waals surface area contributed by atoms with Gasteiger partial charge in [-0.15, -0.1) is 0 Å². The Hall–Kier alpha value is -1.48. The quantitative estimate of drug-likeness (QED) is 0.768. The Kier molecular flexibility index (Phi) is 3.97. The SMILES string of the molecule is CCCn1c(-c2ccccc2)nc(=S)c2c1CCCC2. The fourth-order valence-electron chi connectivity index (χ4n) is 3.04. The van der Waals surface area contributed by atoms with E-state index in [1.807, 2.05) is 6.07 Å². The molecule has 0 saturated carbocycles. The Bertz CT molecular complexity index is 659. The van der Waals surface area contributed by atoms with Crippen LogP contribution in [0.5, 0.6) is 0 Å². The molecule has 0 aliphatic heterocycles. The Labute approximate surface area is 125 Å². The normalized spacial score (nSPS) is 14.1. The van der Waals surface area contributed by atoms with Gasteiger partial charge in [0.2, 0.25) is 0 Å². The molecule has 1 aromatic carbocycles. The monoisotopic (exact) mass is 284 g/mol. The summed E-state index contributed by atoms with van der Waals surface area (Å²) < 4.78 is 3.21. The summed E-state index contributed by atoms with van der Waals surface area (Å²) in [6, 6.07) is 10.4. The minimum Gasteiger partial charge on any atom is -0.329 e. The first-order chi connectivity index (χ1) is 9.81. The molecule has 0 amide bonds. The van der Waals surface area contributed by atoms with Crippen LogP contribution in [-0.4, -0.2) is 9.55 Å². The van der Waals surface area contributed by atoms with E-state index in [-0.39, 0.29) is 0 Å². The predicted octanol–water partition coefficient (Wildman–Crippen LogP) is 4.57. The largest absolute Gasteiger partial charge is 0.329 e. The lowest BCUT2D eigenvalue weighted by Gasteiger charge is -2.24. The minimum atomic E-state index is 0.811. The number of nitrogens with zero attached hydrogens (tertiary/aromatic N) is 2. The first kappa shape index (κ1) is 13.5. The molecule has 2 aromatic rings. The van der Waals surface area contributed by atoms with Gasteiger partial charge in [0.15, 0.2) is 0 Å². The van der Waals surface area contributed by atoms with Gasteiger partial charge in [-0.1, -0.05) is 49.5 Å². The molecule has 3 heteroatoms. The van der Waals surface area contributed by atoms with Crippen LogP contribution in [0, 0.1) is 4.64 Å². The van der Waals surface area contributed by atoms with Gasteiger partial charge in [-0.2, -0.15) is 0 Å². The van der Waals surface area contributed by atoms with Crippen LogP contribution >= 0.6 is 12.2 Å². The zero-order chi connectivity index (χ0) is 13.9. The molecule has 1 heterocycles. The van der Waals surface area contributed by atoms with E-state index in [2.05, 4.69) is 35.8 Å². The van der Waals surface area contributed by atoms with Crippen LogP contribution in [0.3, 0.4) is 0 Å². The van der Waals surface area contributed by atoms with Crippen LogP contribution in [0.1, 0.15) is 37.4 Å². The van der Waals surface area contributed by atoms with Crippen molar-refractivity contribution in [3.8, 4) is 11.4 Å². The summed E-state index contributed by atoms with van der Waals surface area (Å²) in [5, 5.41) is 0. The Morgan fingerprint density at radius 2 is 1.90 bits per heavy atom. The molecule has 0 N–H and O–H groups in total. The van der Waals surface area contributed by atoms with Crippen molar-refractivity contribution in [1.29, 1.82) is 0 Å². The number of aromatic nitrogens is 2. The van der Waals surface area contributed by atoms with Gasteiger partial charge in [-0.3, -0.25) is 0 Å². The number of benzene rings is 1. The van der Waals surface area contributed by atoms with Gasteiger partial charge in [0.1, 0.15) is 10.5 Å². The first-order valence-electron chi connectivity index (χ1n) is 7.49. The third-order valence-electron chi connectivity index (χ3n) is 3.96. The van der Waals surface area contributed by atoms with E-state index in [1.54, 1.807) is 0 Å². The van der Waals surface area contributed by atoms with Gasteiger partial charge in [0.25, 0.3) is 0 Å². The topological polar surface area (TPSA) is 17.8 Å². The van der Waals surface area contributed by atoms with Crippen LogP contribution in [0.25, 0.3) is 11.4 Å². The summed E-state index contributed by atoms with van der Waals surface area (Å²) in [4.78, 5) is 4.75. The molecule has 1 aromatic heterocycles. The average Bonchev–Trinajstić information content (AvgIpc) is 2.51. The van der Waals surface area contributed by atoms with Gasteiger partial charge in [0.05, 0.1) is 0 Å². The van der Waals surface area contributed by atoms with Gasteiger partial charge < -0.3 is 4.57 Å².